The van der Waals surface area contributed by atoms with Gasteiger partial charge in [0.2, 0.25) is 0 Å². The van der Waals surface area contributed by atoms with Gasteiger partial charge in [0.1, 0.15) is 17.6 Å². The van der Waals surface area contributed by atoms with E-state index in [2.05, 4.69) is 0 Å². The molecule has 1 aromatic carbocycles. The van der Waals surface area contributed by atoms with Crippen LogP contribution in [0.2, 0.25) is 0 Å². The van der Waals surface area contributed by atoms with E-state index in [-0.39, 0.29) is 17.1 Å². The molecule has 5 heteroatoms. The van der Waals surface area contributed by atoms with E-state index in [1.54, 1.807) is 0 Å². The molecule has 2 aromatic rings. The molecule has 0 saturated heterocycles. The number of halogens is 3. The second-order valence-corrected chi connectivity index (χ2v) is 3.60. The largest absolute Gasteiger partial charge is 0.458 e. The molecule has 0 radical (unpaired) electrons. The van der Waals surface area contributed by atoms with E-state index in [4.69, 9.17) is 4.42 Å². The average molecular weight is 242 g/mol. The van der Waals surface area contributed by atoms with Gasteiger partial charge in [-0.05, 0) is 31.2 Å². The predicted molar refractivity (Wildman–Crippen MR) is 54.7 cm³/mol. The van der Waals surface area contributed by atoms with Gasteiger partial charge in [-0.15, -0.1) is 0 Å². The maximum absolute atomic E-state index is 13.4. The van der Waals surface area contributed by atoms with Crippen LogP contribution in [0.1, 0.15) is 18.8 Å². The third-order valence-electron chi connectivity index (χ3n) is 2.34. The minimum atomic E-state index is -1.54. The number of rotatable bonds is 2. The zero-order chi connectivity index (χ0) is 12.6. The molecule has 0 fully saturated rings. The maximum Gasteiger partial charge on any atom is 0.195 e. The fourth-order valence-electron chi connectivity index (χ4n) is 1.44. The minimum Gasteiger partial charge on any atom is -0.458 e. The Labute approximate surface area is 95.3 Å². The summed E-state index contributed by atoms with van der Waals surface area (Å²) in [6, 6.07) is 4.73. The topological polar surface area (TPSA) is 33.4 Å². The molecule has 1 aromatic heterocycles. The lowest BCUT2D eigenvalue weighted by Crippen LogP contribution is -1.93. The van der Waals surface area contributed by atoms with Crippen LogP contribution in [-0.2, 0) is 0 Å². The number of aliphatic hydroxyl groups excluding tert-OH is 1. The van der Waals surface area contributed by atoms with Crippen molar-refractivity contribution >= 4 is 0 Å². The van der Waals surface area contributed by atoms with Gasteiger partial charge in [-0.25, -0.2) is 13.2 Å². The zero-order valence-corrected chi connectivity index (χ0v) is 8.88. The Morgan fingerprint density at radius 2 is 1.76 bits per heavy atom. The summed E-state index contributed by atoms with van der Waals surface area (Å²) in [6.07, 6.45) is -0.850. The highest BCUT2D eigenvalue weighted by molar-refractivity contribution is 5.58. The Morgan fingerprint density at radius 3 is 2.35 bits per heavy atom. The molecule has 1 atom stereocenters. The van der Waals surface area contributed by atoms with Crippen molar-refractivity contribution in [3.63, 3.8) is 0 Å². The summed E-state index contributed by atoms with van der Waals surface area (Å²) >= 11 is 0. The van der Waals surface area contributed by atoms with Crippen molar-refractivity contribution in [1.82, 2.24) is 0 Å². The Balaban J connectivity index is 2.49. The van der Waals surface area contributed by atoms with E-state index in [0.29, 0.717) is 0 Å². The number of hydrogen-bond acceptors (Lipinski definition) is 2. The molecule has 0 aliphatic rings. The standard InChI is InChI=1S/C12H9F3O2/c1-6(16)9-4-5-10(17-9)7-2-3-8(13)12(15)11(7)14/h2-6,16H,1H3. The van der Waals surface area contributed by atoms with Crippen molar-refractivity contribution in [2.45, 2.75) is 13.0 Å². The molecular weight excluding hydrogens is 233 g/mol. The fraction of sp³-hybridized carbons (Fsp3) is 0.167. The van der Waals surface area contributed by atoms with Crippen molar-refractivity contribution in [2.24, 2.45) is 0 Å². The summed E-state index contributed by atoms with van der Waals surface area (Å²) in [6.45, 7) is 1.48. The Hall–Kier alpha value is -1.75. The number of hydrogen-bond donors (Lipinski definition) is 1. The van der Waals surface area contributed by atoms with Gasteiger partial charge in [0.25, 0.3) is 0 Å². The van der Waals surface area contributed by atoms with Crippen LogP contribution < -0.4 is 0 Å². The summed E-state index contributed by atoms with van der Waals surface area (Å²) in [5.41, 5.74) is -0.184. The first-order valence-electron chi connectivity index (χ1n) is 4.92. The van der Waals surface area contributed by atoms with Crippen LogP contribution in [0, 0.1) is 17.5 Å². The summed E-state index contributed by atoms with van der Waals surface area (Å²) in [5, 5.41) is 9.23. The van der Waals surface area contributed by atoms with E-state index in [9.17, 15) is 18.3 Å². The Kier molecular flexibility index (Phi) is 2.93. The highest BCUT2D eigenvalue weighted by Crippen LogP contribution is 2.29. The van der Waals surface area contributed by atoms with Gasteiger partial charge in [-0.1, -0.05) is 0 Å². The van der Waals surface area contributed by atoms with Crippen LogP contribution in [0.4, 0.5) is 13.2 Å². The van der Waals surface area contributed by atoms with Crippen LogP contribution in [0.25, 0.3) is 11.3 Å². The molecule has 0 saturated carbocycles. The van der Waals surface area contributed by atoms with Gasteiger partial charge in [-0.3, -0.25) is 0 Å². The molecule has 90 valence electrons. The first-order chi connectivity index (χ1) is 8.00. The van der Waals surface area contributed by atoms with Crippen molar-refractivity contribution < 1.29 is 22.7 Å². The van der Waals surface area contributed by atoms with Gasteiger partial charge in [0, 0.05) is 0 Å². The van der Waals surface area contributed by atoms with E-state index in [0.717, 1.165) is 12.1 Å². The van der Waals surface area contributed by atoms with Crippen LogP contribution in [0.3, 0.4) is 0 Å². The molecule has 1 heterocycles. The van der Waals surface area contributed by atoms with Crippen molar-refractivity contribution in [2.75, 3.05) is 0 Å². The van der Waals surface area contributed by atoms with Crippen molar-refractivity contribution in [3.8, 4) is 11.3 Å². The molecule has 2 nitrogen and oxygen atoms in total. The quantitative estimate of drug-likeness (QED) is 0.818. The first kappa shape index (κ1) is 11.7. The van der Waals surface area contributed by atoms with Crippen LogP contribution >= 0.6 is 0 Å². The summed E-state index contributed by atoms with van der Waals surface area (Å²) in [4.78, 5) is 0. The smallest absolute Gasteiger partial charge is 0.195 e. The maximum atomic E-state index is 13.4. The SMILES string of the molecule is CC(O)c1ccc(-c2ccc(F)c(F)c2F)o1. The summed E-state index contributed by atoms with van der Waals surface area (Å²) in [7, 11) is 0. The molecular formula is C12H9F3O2. The summed E-state index contributed by atoms with van der Waals surface area (Å²) in [5.74, 6) is -3.84. The van der Waals surface area contributed by atoms with Gasteiger partial charge < -0.3 is 9.52 Å². The molecule has 2 rings (SSSR count). The van der Waals surface area contributed by atoms with E-state index < -0.39 is 23.6 Å². The van der Waals surface area contributed by atoms with E-state index >= 15 is 0 Å². The third kappa shape index (κ3) is 2.06. The van der Waals surface area contributed by atoms with Crippen LogP contribution in [0.15, 0.2) is 28.7 Å². The second kappa shape index (κ2) is 4.25. The van der Waals surface area contributed by atoms with E-state index in [1.807, 2.05) is 0 Å². The third-order valence-corrected chi connectivity index (χ3v) is 2.34. The lowest BCUT2D eigenvalue weighted by atomic mass is 10.1. The number of furan rings is 1. The molecule has 0 aliphatic heterocycles. The molecule has 17 heavy (non-hydrogen) atoms. The minimum absolute atomic E-state index is 0.0392. The van der Waals surface area contributed by atoms with Crippen molar-refractivity contribution in [1.29, 1.82) is 0 Å². The van der Waals surface area contributed by atoms with E-state index in [1.165, 1.54) is 19.1 Å². The van der Waals surface area contributed by atoms with Gasteiger partial charge in [0.05, 0.1) is 5.56 Å². The summed E-state index contributed by atoms with van der Waals surface area (Å²) < 4.78 is 44.3. The molecule has 1 N–H and O–H groups in total. The molecule has 0 amide bonds. The van der Waals surface area contributed by atoms with Crippen LogP contribution in [0.5, 0.6) is 0 Å². The molecule has 0 bridgehead atoms. The number of benzene rings is 1. The predicted octanol–water partition coefficient (Wildman–Crippen LogP) is 3.42. The van der Waals surface area contributed by atoms with Crippen LogP contribution in [-0.4, -0.2) is 5.11 Å². The normalized spacial score (nSPS) is 12.8. The molecule has 0 spiro atoms. The lowest BCUT2D eigenvalue weighted by Gasteiger charge is -2.02. The number of aliphatic hydroxyl groups is 1. The fourth-order valence-corrected chi connectivity index (χ4v) is 1.44. The highest BCUT2D eigenvalue weighted by atomic mass is 19.2. The molecule has 1 unspecified atom stereocenters. The highest BCUT2D eigenvalue weighted by Gasteiger charge is 2.17. The monoisotopic (exact) mass is 242 g/mol. The average Bonchev–Trinajstić information content (AvgIpc) is 2.75. The van der Waals surface area contributed by atoms with Gasteiger partial charge in [-0.2, -0.15) is 0 Å². The van der Waals surface area contributed by atoms with Crippen molar-refractivity contribution in [3.05, 3.63) is 47.5 Å². The zero-order valence-electron chi connectivity index (χ0n) is 8.88. The van der Waals surface area contributed by atoms with Gasteiger partial charge >= 0.3 is 0 Å². The second-order valence-electron chi connectivity index (χ2n) is 3.60. The van der Waals surface area contributed by atoms with Gasteiger partial charge in [0.15, 0.2) is 17.5 Å². The Morgan fingerprint density at radius 1 is 1.06 bits per heavy atom. The Bertz CT molecular complexity index is 547. The molecule has 0 aliphatic carbocycles. The lowest BCUT2D eigenvalue weighted by molar-refractivity contribution is 0.170. The first-order valence-corrected chi connectivity index (χ1v) is 4.92.